The number of piperidine rings is 1. The number of likely N-dealkylation sites (N-methyl/N-ethyl adjacent to an activating group) is 1. The van der Waals surface area contributed by atoms with Crippen molar-refractivity contribution in [1.82, 2.24) is 10.6 Å². The van der Waals surface area contributed by atoms with E-state index in [1.165, 1.54) is 5.56 Å². The third-order valence-electron chi connectivity index (χ3n) is 3.61. The number of carbonyl (C=O) groups excluding carboxylic acids is 1. The predicted octanol–water partition coefficient (Wildman–Crippen LogP) is 1.67. The zero-order valence-electron chi connectivity index (χ0n) is 11.6. The van der Waals surface area contributed by atoms with Crippen LogP contribution in [0.1, 0.15) is 31.2 Å². The van der Waals surface area contributed by atoms with Gasteiger partial charge < -0.3 is 15.4 Å². The number of hydrogen-bond donors (Lipinski definition) is 2. The van der Waals surface area contributed by atoms with Crippen LogP contribution in [0.2, 0.25) is 0 Å². The Hall–Kier alpha value is -1.55. The minimum Gasteiger partial charge on any atom is -0.494 e. The fraction of sp³-hybridized carbons (Fsp3) is 0.533. The van der Waals surface area contributed by atoms with Crippen LogP contribution in [0.4, 0.5) is 0 Å². The zero-order chi connectivity index (χ0) is 13.7. The van der Waals surface area contributed by atoms with E-state index in [-0.39, 0.29) is 11.9 Å². The fourth-order valence-corrected chi connectivity index (χ4v) is 2.62. The van der Waals surface area contributed by atoms with E-state index in [4.69, 9.17) is 4.74 Å². The standard InChI is InChI=1S/C15H22N2O2/c1-3-19-13-6-4-5-11(9-13)12-7-8-17-14(10-12)15(18)16-2/h4-6,9,12,14,17H,3,7-8,10H2,1-2H3,(H,16,18). The molecule has 0 bridgehead atoms. The van der Waals surface area contributed by atoms with Crippen LogP contribution in [0.25, 0.3) is 0 Å². The summed E-state index contributed by atoms with van der Waals surface area (Å²) in [4.78, 5) is 11.7. The van der Waals surface area contributed by atoms with Gasteiger partial charge in [0.2, 0.25) is 5.91 Å². The van der Waals surface area contributed by atoms with Gasteiger partial charge in [-0.1, -0.05) is 12.1 Å². The van der Waals surface area contributed by atoms with Crippen molar-refractivity contribution in [2.45, 2.75) is 31.7 Å². The van der Waals surface area contributed by atoms with Gasteiger partial charge in [-0.3, -0.25) is 4.79 Å². The van der Waals surface area contributed by atoms with Gasteiger partial charge in [0, 0.05) is 7.05 Å². The highest BCUT2D eigenvalue weighted by molar-refractivity contribution is 5.81. The molecule has 0 aliphatic carbocycles. The van der Waals surface area contributed by atoms with E-state index < -0.39 is 0 Å². The van der Waals surface area contributed by atoms with Crippen molar-refractivity contribution in [2.75, 3.05) is 20.2 Å². The molecule has 0 saturated carbocycles. The fourth-order valence-electron chi connectivity index (χ4n) is 2.62. The minimum atomic E-state index is -0.0838. The average molecular weight is 262 g/mol. The van der Waals surface area contributed by atoms with E-state index in [9.17, 15) is 4.79 Å². The maximum absolute atomic E-state index is 11.7. The highest BCUT2D eigenvalue weighted by Gasteiger charge is 2.27. The van der Waals surface area contributed by atoms with E-state index >= 15 is 0 Å². The molecule has 1 fully saturated rings. The van der Waals surface area contributed by atoms with Gasteiger partial charge in [0.15, 0.2) is 0 Å². The molecule has 0 aromatic heterocycles. The lowest BCUT2D eigenvalue weighted by molar-refractivity contribution is -0.123. The molecule has 104 valence electrons. The number of amides is 1. The second-order valence-electron chi connectivity index (χ2n) is 4.85. The molecule has 2 N–H and O–H groups in total. The first kappa shape index (κ1) is 13.9. The monoisotopic (exact) mass is 262 g/mol. The van der Waals surface area contributed by atoms with E-state index in [0.717, 1.165) is 25.1 Å². The second-order valence-corrected chi connectivity index (χ2v) is 4.85. The minimum absolute atomic E-state index is 0.0747. The summed E-state index contributed by atoms with van der Waals surface area (Å²) in [6.45, 7) is 3.54. The number of nitrogens with one attached hydrogen (secondary N) is 2. The molecule has 2 rings (SSSR count). The number of rotatable bonds is 4. The van der Waals surface area contributed by atoms with Crippen molar-refractivity contribution in [3.8, 4) is 5.75 Å². The van der Waals surface area contributed by atoms with E-state index in [0.29, 0.717) is 12.5 Å². The highest BCUT2D eigenvalue weighted by atomic mass is 16.5. The highest BCUT2D eigenvalue weighted by Crippen LogP contribution is 2.29. The van der Waals surface area contributed by atoms with Crippen LogP contribution < -0.4 is 15.4 Å². The molecule has 1 saturated heterocycles. The molecule has 1 aromatic carbocycles. The molecule has 19 heavy (non-hydrogen) atoms. The molecule has 1 amide bonds. The van der Waals surface area contributed by atoms with Crippen molar-refractivity contribution >= 4 is 5.91 Å². The molecule has 1 aliphatic heterocycles. The van der Waals surface area contributed by atoms with Gasteiger partial charge in [0.1, 0.15) is 5.75 Å². The van der Waals surface area contributed by atoms with Crippen LogP contribution in [0, 0.1) is 0 Å². The SMILES string of the molecule is CCOc1cccc(C2CCNC(C(=O)NC)C2)c1. The molecule has 0 spiro atoms. The normalized spacial score (nSPS) is 22.8. The van der Waals surface area contributed by atoms with Gasteiger partial charge in [-0.25, -0.2) is 0 Å². The van der Waals surface area contributed by atoms with Crippen molar-refractivity contribution in [3.63, 3.8) is 0 Å². The van der Waals surface area contributed by atoms with Gasteiger partial charge in [0.25, 0.3) is 0 Å². The number of ether oxygens (including phenoxy) is 1. The number of hydrogen-bond acceptors (Lipinski definition) is 3. The van der Waals surface area contributed by atoms with E-state index in [2.05, 4.69) is 22.8 Å². The Kier molecular flexibility index (Phi) is 4.80. The van der Waals surface area contributed by atoms with Crippen LogP contribution in [-0.4, -0.2) is 32.1 Å². The molecule has 2 atom stereocenters. The first-order valence-corrected chi connectivity index (χ1v) is 6.92. The summed E-state index contributed by atoms with van der Waals surface area (Å²) in [7, 11) is 1.68. The number of benzene rings is 1. The van der Waals surface area contributed by atoms with Crippen molar-refractivity contribution in [2.24, 2.45) is 0 Å². The maximum Gasteiger partial charge on any atom is 0.236 e. The van der Waals surface area contributed by atoms with Crippen LogP contribution in [-0.2, 0) is 4.79 Å². The Labute approximate surface area is 114 Å². The molecule has 4 nitrogen and oxygen atoms in total. The summed E-state index contributed by atoms with van der Waals surface area (Å²) in [6, 6.07) is 8.14. The Morgan fingerprint density at radius 1 is 1.53 bits per heavy atom. The van der Waals surface area contributed by atoms with Crippen LogP contribution in [0.3, 0.4) is 0 Å². The van der Waals surface area contributed by atoms with Crippen LogP contribution in [0.5, 0.6) is 5.75 Å². The summed E-state index contributed by atoms with van der Waals surface area (Å²) in [5, 5.41) is 5.98. The van der Waals surface area contributed by atoms with Gasteiger partial charge in [-0.2, -0.15) is 0 Å². The van der Waals surface area contributed by atoms with Crippen molar-refractivity contribution in [1.29, 1.82) is 0 Å². The summed E-state index contributed by atoms with van der Waals surface area (Å²) in [5.74, 6) is 1.41. The zero-order valence-corrected chi connectivity index (χ0v) is 11.6. The van der Waals surface area contributed by atoms with E-state index in [1.54, 1.807) is 7.05 Å². The smallest absolute Gasteiger partial charge is 0.236 e. The summed E-state index contributed by atoms with van der Waals surface area (Å²) >= 11 is 0. The molecule has 1 aliphatic rings. The third-order valence-corrected chi connectivity index (χ3v) is 3.61. The van der Waals surface area contributed by atoms with Crippen LogP contribution >= 0.6 is 0 Å². The summed E-state index contributed by atoms with van der Waals surface area (Å²) in [6.07, 6.45) is 1.90. The first-order valence-electron chi connectivity index (χ1n) is 6.92. The lowest BCUT2D eigenvalue weighted by Gasteiger charge is -2.29. The molecule has 4 heteroatoms. The molecular formula is C15H22N2O2. The van der Waals surface area contributed by atoms with Crippen molar-refractivity contribution < 1.29 is 9.53 Å². The number of carbonyl (C=O) groups is 1. The Morgan fingerprint density at radius 2 is 2.37 bits per heavy atom. The average Bonchev–Trinajstić information content (AvgIpc) is 2.47. The quantitative estimate of drug-likeness (QED) is 0.868. The molecule has 1 heterocycles. The Balaban J connectivity index is 2.08. The van der Waals surface area contributed by atoms with Gasteiger partial charge in [0.05, 0.1) is 12.6 Å². The predicted molar refractivity (Wildman–Crippen MR) is 75.4 cm³/mol. The Bertz CT molecular complexity index is 434. The molecule has 1 aromatic rings. The molecule has 0 radical (unpaired) electrons. The molecule has 2 unspecified atom stereocenters. The molecular weight excluding hydrogens is 240 g/mol. The first-order chi connectivity index (χ1) is 9.24. The van der Waals surface area contributed by atoms with Gasteiger partial charge >= 0.3 is 0 Å². The lowest BCUT2D eigenvalue weighted by Crippen LogP contribution is -2.47. The largest absolute Gasteiger partial charge is 0.494 e. The summed E-state index contributed by atoms with van der Waals surface area (Å²) in [5.41, 5.74) is 1.27. The van der Waals surface area contributed by atoms with Gasteiger partial charge in [-0.15, -0.1) is 0 Å². The lowest BCUT2D eigenvalue weighted by atomic mass is 9.86. The third kappa shape index (κ3) is 3.47. The second kappa shape index (κ2) is 6.57. The summed E-state index contributed by atoms with van der Waals surface area (Å²) < 4.78 is 5.54. The van der Waals surface area contributed by atoms with Crippen LogP contribution in [0.15, 0.2) is 24.3 Å². The van der Waals surface area contributed by atoms with E-state index in [1.807, 2.05) is 19.1 Å². The van der Waals surface area contributed by atoms with Crippen molar-refractivity contribution in [3.05, 3.63) is 29.8 Å². The maximum atomic E-state index is 11.7. The van der Waals surface area contributed by atoms with Gasteiger partial charge in [-0.05, 0) is 49.9 Å². The topological polar surface area (TPSA) is 50.4 Å². The Morgan fingerprint density at radius 3 is 3.11 bits per heavy atom.